The molecule has 0 atom stereocenters. The van der Waals surface area contributed by atoms with Crippen LogP contribution >= 0.6 is 11.6 Å². The maximum Gasteiger partial charge on any atom is 0.335 e. The average Bonchev–Trinajstić information content (AvgIpc) is 2.72. The van der Waals surface area contributed by atoms with Crippen LogP contribution in [0.5, 0.6) is 0 Å². The zero-order valence-corrected chi connectivity index (χ0v) is 11.2. The number of nitrogens with one attached hydrogen (secondary N) is 1. The maximum absolute atomic E-state index is 13.4. The van der Waals surface area contributed by atoms with Gasteiger partial charge in [-0.3, -0.25) is 4.57 Å². The Hall–Kier alpha value is -2.60. The van der Waals surface area contributed by atoms with Gasteiger partial charge >= 0.3 is 11.7 Å². The van der Waals surface area contributed by atoms with Gasteiger partial charge in [0, 0.05) is 5.02 Å². The number of carboxylic acids is 1. The number of benzene rings is 2. The summed E-state index contributed by atoms with van der Waals surface area (Å²) < 4.78 is 14.7. The van der Waals surface area contributed by atoms with E-state index in [4.69, 9.17) is 16.7 Å². The van der Waals surface area contributed by atoms with Gasteiger partial charge in [0.05, 0.1) is 22.3 Å². The van der Waals surface area contributed by atoms with Crippen molar-refractivity contribution in [2.45, 2.75) is 0 Å². The number of carboxylic acid groups (broad SMARTS) is 1. The zero-order valence-electron chi connectivity index (χ0n) is 10.4. The van der Waals surface area contributed by atoms with Crippen LogP contribution in [-0.2, 0) is 0 Å². The molecule has 7 heteroatoms. The number of halogens is 2. The summed E-state index contributed by atoms with van der Waals surface area (Å²) in [6.45, 7) is 0. The highest BCUT2D eigenvalue weighted by atomic mass is 35.5. The molecule has 0 aliphatic carbocycles. The Bertz CT molecular complexity index is 909. The second-order valence-corrected chi connectivity index (χ2v) is 4.87. The summed E-state index contributed by atoms with van der Waals surface area (Å²) in [7, 11) is 0. The largest absolute Gasteiger partial charge is 0.478 e. The van der Waals surface area contributed by atoms with Crippen LogP contribution in [-0.4, -0.2) is 20.6 Å². The van der Waals surface area contributed by atoms with E-state index < -0.39 is 17.5 Å². The molecule has 2 N–H and O–H groups in total. The number of H-pyrrole nitrogens is 1. The number of hydrogen-bond acceptors (Lipinski definition) is 2. The minimum Gasteiger partial charge on any atom is -0.478 e. The molecular weight excluding hydrogens is 299 g/mol. The van der Waals surface area contributed by atoms with Gasteiger partial charge in [-0.15, -0.1) is 0 Å². The molecule has 21 heavy (non-hydrogen) atoms. The molecule has 0 bridgehead atoms. The number of hydrogen-bond donors (Lipinski definition) is 2. The smallest absolute Gasteiger partial charge is 0.335 e. The van der Waals surface area contributed by atoms with Crippen molar-refractivity contribution in [3.05, 3.63) is 63.3 Å². The van der Waals surface area contributed by atoms with E-state index in [0.717, 1.165) is 6.07 Å². The molecule has 106 valence electrons. The summed E-state index contributed by atoms with van der Waals surface area (Å²) in [6, 6.07) is 7.95. The topological polar surface area (TPSA) is 75.1 Å². The third kappa shape index (κ3) is 2.30. The molecule has 3 aromatic rings. The van der Waals surface area contributed by atoms with E-state index in [9.17, 15) is 14.0 Å². The number of nitrogens with zero attached hydrogens (tertiary/aromatic N) is 1. The van der Waals surface area contributed by atoms with E-state index in [1.165, 1.54) is 34.9 Å². The maximum atomic E-state index is 13.4. The van der Waals surface area contributed by atoms with Crippen molar-refractivity contribution in [3.8, 4) is 5.69 Å². The third-order valence-corrected chi connectivity index (χ3v) is 3.25. The Kier molecular flexibility index (Phi) is 3.03. The SMILES string of the molecule is O=C(O)c1ccc2c(c1)[nH]c(=O)n2-c1cc(F)cc(Cl)c1. The van der Waals surface area contributed by atoms with Crippen molar-refractivity contribution >= 4 is 28.6 Å². The van der Waals surface area contributed by atoms with E-state index in [2.05, 4.69) is 4.98 Å². The zero-order chi connectivity index (χ0) is 15.1. The van der Waals surface area contributed by atoms with E-state index in [1.807, 2.05) is 0 Å². The average molecular weight is 307 g/mol. The first-order valence-corrected chi connectivity index (χ1v) is 6.28. The molecule has 0 fully saturated rings. The van der Waals surface area contributed by atoms with Crippen LogP contribution in [0.3, 0.4) is 0 Å². The second kappa shape index (κ2) is 4.75. The van der Waals surface area contributed by atoms with Crippen molar-refractivity contribution in [2.75, 3.05) is 0 Å². The van der Waals surface area contributed by atoms with Gasteiger partial charge in [0.25, 0.3) is 0 Å². The summed E-state index contributed by atoms with van der Waals surface area (Å²) in [6.07, 6.45) is 0. The first kappa shape index (κ1) is 13.4. The first-order valence-electron chi connectivity index (χ1n) is 5.90. The number of imidazole rings is 1. The number of rotatable bonds is 2. The minimum absolute atomic E-state index is 0.0492. The molecule has 0 saturated carbocycles. The lowest BCUT2D eigenvalue weighted by Gasteiger charge is -2.04. The highest BCUT2D eigenvalue weighted by Crippen LogP contribution is 2.21. The molecule has 0 saturated heterocycles. The third-order valence-electron chi connectivity index (χ3n) is 3.03. The molecule has 0 radical (unpaired) electrons. The lowest BCUT2D eigenvalue weighted by molar-refractivity contribution is 0.0697. The molecule has 0 spiro atoms. The Morgan fingerprint density at radius 3 is 2.67 bits per heavy atom. The van der Waals surface area contributed by atoms with E-state index in [1.54, 1.807) is 0 Å². The molecule has 1 heterocycles. The lowest BCUT2D eigenvalue weighted by atomic mass is 10.2. The fourth-order valence-electron chi connectivity index (χ4n) is 2.17. The standard InChI is InChI=1S/C14H8ClFN2O3/c15-8-4-9(16)6-10(5-8)18-12-2-1-7(13(19)20)3-11(12)17-14(18)21/h1-6H,(H,17,21)(H,19,20). The lowest BCUT2D eigenvalue weighted by Crippen LogP contribution is -2.14. The van der Waals surface area contributed by atoms with Crippen molar-refractivity contribution in [1.29, 1.82) is 0 Å². The van der Waals surface area contributed by atoms with Gasteiger partial charge in [-0.25, -0.2) is 14.0 Å². The summed E-state index contributed by atoms with van der Waals surface area (Å²) in [4.78, 5) is 25.5. The molecule has 0 aliphatic heterocycles. The Morgan fingerprint density at radius 2 is 2.00 bits per heavy atom. The predicted octanol–water partition coefficient (Wildman–Crippen LogP) is 2.81. The number of aromatic carboxylic acids is 1. The van der Waals surface area contributed by atoms with Crippen molar-refractivity contribution in [3.63, 3.8) is 0 Å². The highest BCUT2D eigenvalue weighted by Gasteiger charge is 2.12. The normalized spacial score (nSPS) is 11.0. The van der Waals surface area contributed by atoms with Gasteiger partial charge in [-0.2, -0.15) is 0 Å². The van der Waals surface area contributed by atoms with E-state index in [-0.39, 0.29) is 16.3 Å². The van der Waals surface area contributed by atoms with Crippen LogP contribution in [0.25, 0.3) is 16.7 Å². The molecular formula is C14H8ClFN2O3. The van der Waals surface area contributed by atoms with Crippen molar-refractivity contribution < 1.29 is 14.3 Å². The van der Waals surface area contributed by atoms with Gasteiger partial charge in [0.2, 0.25) is 0 Å². The van der Waals surface area contributed by atoms with Crippen molar-refractivity contribution in [1.82, 2.24) is 9.55 Å². The highest BCUT2D eigenvalue weighted by molar-refractivity contribution is 6.30. The van der Waals surface area contributed by atoms with Gasteiger partial charge in [0.1, 0.15) is 5.82 Å². The van der Waals surface area contributed by atoms with E-state index in [0.29, 0.717) is 11.0 Å². The fraction of sp³-hybridized carbons (Fsp3) is 0. The molecule has 3 rings (SSSR count). The summed E-state index contributed by atoms with van der Waals surface area (Å²) in [5.41, 5.74) is 0.591. The van der Waals surface area contributed by atoms with Gasteiger partial charge in [-0.05, 0) is 36.4 Å². The molecule has 1 aromatic heterocycles. The van der Waals surface area contributed by atoms with Gasteiger partial charge in [0.15, 0.2) is 0 Å². The molecule has 0 unspecified atom stereocenters. The van der Waals surface area contributed by atoms with Crippen molar-refractivity contribution in [2.24, 2.45) is 0 Å². The second-order valence-electron chi connectivity index (χ2n) is 4.43. The molecule has 5 nitrogen and oxygen atoms in total. The summed E-state index contributed by atoms with van der Waals surface area (Å²) in [5, 5.41) is 9.10. The number of aromatic nitrogens is 2. The first-order chi connectivity index (χ1) is 9.95. The number of aromatic amines is 1. The predicted molar refractivity (Wildman–Crippen MR) is 75.8 cm³/mol. The Morgan fingerprint density at radius 1 is 1.24 bits per heavy atom. The van der Waals surface area contributed by atoms with Gasteiger partial charge in [-0.1, -0.05) is 11.6 Å². The van der Waals surface area contributed by atoms with Crippen LogP contribution in [0.15, 0.2) is 41.2 Å². The summed E-state index contributed by atoms with van der Waals surface area (Å²) >= 11 is 5.79. The van der Waals surface area contributed by atoms with Crippen LogP contribution in [0.2, 0.25) is 5.02 Å². The Balaban J connectivity index is 2.30. The van der Waals surface area contributed by atoms with Crippen LogP contribution in [0, 0.1) is 5.82 Å². The van der Waals surface area contributed by atoms with E-state index >= 15 is 0 Å². The molecule has 0 aliphatic rings. The van der Waals surface area contributed by atoms with Crippen LogP contribution < -0.4 is 5.69 Å². The number of carbonyl (C=O) groups is 1. The minimum atomic E-state index is -1.10. The monoisotopic (exact) mass is 306 g/mol. The van der Waals surface area contributed by atoms with Crippen LogP contribution in [0.1, 0.15) is 10.4 Å². The quantitative estimate of drug-likeness (QED) is 0.764. The molecule has 0 amide bonds. The molecule has 2 aromatic carbocycles. The van der Waals surface area contributed by atoms with Gasteiger partial charge < -0.3 is 10.1 Å². The fourth-order valence-corrected chi connectivity index (χ4v) is 2.39. The summed E-state index contributed by atoms with van der Waals surface area (Å²) in [5.74, 6) is -1.67. The number of fused-ring (bicyclic) bond motifs is 1. The Labute approximate surface area is 122 Å². The van der Waals surface area contributed by atoms with Crippen LogP contribution in [0.4, 0.5) is 4.39 Å².